The predicted molar refractivity (Wildman–Crippen MR) is 118 cm³/mol. The number of anilines is 1. The number of aryl methyl sites for hydroxylation is 1. The topological polar surface area (TPSA) is 97.2 Å². The summed E-state index contributed by atoms with van der Waals surface area (Å²) in [5.41, 5.74) is 1.65. The van der Waals surface area contributed by atoms with Gasteiger partial charge >= 0.3 is 0 Å². The van der Waals surface area contributed by atoms with E-state index in [1.54, 1.807) is 13.0 Å². The highest BCUT2D eigenvalue weighted by atomic mass is 35.5. The summed E-state index contributed by atoms with van der Waals surface area (Å²) in [6.45, 7) is 2.63. The highest BCUT2D eigenvalue weighted by Crippen LogP contribution is 2.29. The molecule has 1 aliphatic rings. The number of aromatic nitrogens is 3. The maximum atomic E-state index is 13.0. The second-order valence-electron chi connectivity index (χ2n) is 7.32. The van der Waals surface area contributed by atoms with Crippen LogP contribution in [0.4, 0.5) is 5.69 Å². The van der Waals surface area contributed by atoms with E-state index in [4.69, 9.17) is 11.6 Å². The van der Waals surface area contributed by atoms with Crippen LogP contribution in [0.5, 0.6) is 0 Å². The Balaban J connectivity index is 1.58. The van der Waals surface area contributed by atoms with Gasteiger partial charge in [0.2, 0.25) is 10.0 Å². The van der Waals surface area contributed by atoms with Crippen LogP contribution in [0.1, 0.15) is 35.4 Å². The van der Waals surface area contributed by atoms with E-state index in [-0.39, 0.29) is 15.6 Å². The van der Waals surface area contributed by atoms with Crippen molar-refractivity contribution in [1.29, 1.82) is 0 Å². The Morgan fingerprint density at radius 3 is 2.45 bits per heavy atom. The Morgan fingerprint density at radius 2 is 1.74 bits per heavy atom. The number of para-hydroxylation sites is 1. The lowest BCUT2D eigenvalue weighted by atomic mass is 10.2. The lowest BCUT2D eigenvalue weighted by Gasteiger charge is -2.26. The van der Waals surface area contributed by atoms with E-state index in [2.05, 4.69) is 15.5 Å². The minimum absolute atomic E-state index is 0.0153. The summed E-state index contributed by atoms with van der Waals surface area (Å²) in [5.74, 6) is -0.483. The molecule has 1 aliphatic heterocycles. The maximum Gasteiger partial charge on any atom is 0.278 e. The van der Waals surface area contributed by atoms with Crippen LogP contribution in [0.2, 0.25) is 5.02 Å². The van der Waals surface area contributed by atoms with Crippen LogP contribution >= 0.6 is 11.6 Å². The number of nitrogens with one attached hydrogen (secondary N) is 1. The van der Waals surface area contributed by atoms with Crippen LogP contribution in [0, 0.1) is 6.92 Å². The molecule has 2 heterocycles. The number of hydrogen-bond donors (Lipinski definition) is 1. The van der Waals surface area contributed by atoms with E-state index < -0.39 is 15.9 Å². The average Bonchev–Trinajstić information content (AvgIpc) is 3.18. The number of halogens is 1. The van der Waals surface area contributed by atoms with Crippen molar-refractivity contribution in [3.8, 4) is 5.69 Å². The van der Waals surface area contributed by atoms with Crippen molar-refractivity contribution in [2.75, 3.05) is 18.4 Å². The van der Waals surface area contributed by atoms with Gasteiger partial charge in [0, 0.05) is 18.8 Å². The molecule has 1 fully saturated rings. The van der Waals surface area contributed by atoms with Crippen LogP contribution in [0.15, 0.2) is 53.4 Å². The summed E-state index contributed by atoms with van der Waals surface area (Å²) in [6.07, 6.45) is 2.66. The summed E-state index contributed by atoms with van der Waals surface area (Å²) in [6, 6.07) is 13.7. The lowest BCUT2D eigenvalue weighted by Crippen LogP contribution is -2.35. The minimum Gasteiger partial charge on any atom is -0.320 e. The van der Waals surface area contributed by atoms with Crippen molar-refractivity contribution in [3.63, 3.8) is 0 Å². The van der Waals surface area contributed by atoms with E-state index in [1.165, 1.54) is 21.2 Å². The molecule has 0 unspecified atom stereocenters. The van der Waals surface area contributed by atoms with Gasteiger partial charge in [-0.1, -0.05) is 36.2 Å². The molecule has 0 saturated carbocycles. The van der Waals surface area contributed by atoms with Crippen LogP contribution < -0.4 is 5.32 Å². The number of piperidine rings is 1. The molecule has 31 heavy (non-hydrogen) atoms. The highest BCUT2D eigenvalue weighted by molar-refractivity contribution is 7.89. The minimum atomic E-state index is -3.74. The Morgan fingerprint density at radius 1 is 1.03 bits per heavy atom. The van der Waals surface area contributed by atoms with Gasteiger partial charge in [-0.05, 0) is 50.1 Å². The molecule has 1 aromatic heterocycles. The predicted octanol–water partition coefficient (Wildman–Crippen LogP) is 3.66. The molecule has 0 atom stereocenters. The number of benzene rings is 2. The second-order valence-corrected chi connectivity index (χ2v) is 9.64. The molecule has 0 radical (unpaired) electrons. The zero-order valence-corrected chi connectivity index (χ0v) is 18.5. The standard InChI is InChI=1S/C21H22ClN5O3S/c1-15-20(25-27(24-15)17-8-4-2-5-9-17)21(28)23-16-10-11-18(22)19(14-16)31(29,30)26-12-6-3-7-13-26/h2,4-5,8-11,14H,3,6-7,12-13H2,1H3,(H,23,28). The van der Waals surface area contributed by atoms with E-state index in [1.807, 2.05) is 30.3 Å². The molecule has 0 bridgehead atoms. The average molecular weight is 460 g/mol. The van der Waals surface area contributed by atoms with Crippen LogP contribution in [0.25, 0.3) is 5.69 Å². The molecule has 4 rings (SSSR count). The quantitative estimate of drug-likeness (QED) is 0.628. The molecule has 3 aromatic rings. The Kier molecular flexibility index (Phi) is 6.08. The Hall–Kier alpha value is -2.75. The van der Waals surface area contributed by atoms with Gasteiger partial charge in [-0.25, -0.2) is 8.42 Å². The zero-order chi connectivity index (χ0) is 22.0. The summed E-state index contributed by atoms with van der Waals surface area (Å²) >= 11 is 6.21. The summed E-state index contributed by atoms with van der Waals surface area (Å²) in [5, 5.41) is 11.4. The van der Waals surface area contributed by atoms with Gasteiger partial charge in [0.15, 0.2) is 5.69 Å². The normalized spacial score (nSPS) is 15.0. The largest absolute Gasteiger partial charge is 0.320 e. The number of nitrogens with zero attached hydrogens (tertiary/aromatic N) is 4. The zero-order valence-electron chi connectivity index (χ0n) is 17.0. The fourth-order valence-electron chi connectivity index (χ4n) is 3.48. The van der Waals surface area contributed by atoms with Gasteiger partial charge in [-0.15, -0.1) is 5.10 Å². The molecule has 0 spiro atoms. The SMILES string of the molecule is Cc1nn(-c2ccccc2)nc1C(=O)Nc1ccc(Cl)c(S(=O)(=O)N2CCCCC2)c1. The highest BCUT2D eigenvalue weighted by Gasteiger charge is 2.28. The summed E-state index contributed by atoms with van der Waals surface area (Å²) in [4.78, 5) is 14.2. The first-order chi connectivity index (χ1) is 14.9. The Bertz CT molecular complexity index is 1210. The third-order valence-electron chi connectivity index (χ3n) is 5.11. The second kappa shape index (κ2) is 8.78. The van der Waals surface area contributed by atoms with Crippen molar-refractivity contribution in [3.05, 3.63) is 64.9 Å². The van der Waals surface area contributed by atoms with Gasteiger partial charge in [0.05, 0.1) is 16.4 Å². The smallest absolute Gasteiger partial charge is 0.278 e. The van der Waals surface area contributed by atoms with Crippen molar-refractivity contribution in [1.82, 2.24) is 19.3 Å². The number of carbonyl (C=O) groups is 1. The molecular formula is C21H22ClN5O3S. The first kappa shape index (κ1) is 21.5. The molecule has 10 heteroatoms. The third-order valence-corrected chi connectivity index (χ3v) is 7.49. The summed E-state index contributed by atoms with van der Waals surface area (Å²) in [7, 11) is -3.74. The molecule has 162 valence electrons. The van der Waals surface area contributed by atoms with Crippen molar-refractivity contribution < 1.29 is 13.2 Å². The van der Waals surface area contributed by atoms with Crippen molar-refractivity contribution in [2.45, 2.75) is 31.1 Å². The van der Waals surface area contributed by atoms with Crippen LogP contribution in [-0.2, 0) is 10.0 Å². The van der Waals surface area contributed by atoms with E-state index >= 15 is 0 Å². The van der Waals surface area contributed by atoms with E-state index in [0.29, 0.717) is 24.5 Å². The maximum absolute atomic E-state index is 13.0. The molecular weight excluding hydrogens is 438 g/mol. The Labute approximate surface area is 185 Å². The van der Waals surface area contributed by atoms with E-state index in [9.17, 15) is 13.2 Å². The molecule has 1 saturated heterocycles. The molecule has 1 N–H and O–H groups in total. The molecule has 8 nitrogen and oxygen atoms in total. The number of amides is 1. The molecule has 1 amide bonds. The number of rotatable bonds is 5. The van der Waals surface area contributed by atoms with Crippen LogP contribution in [0.3, 0.4) is 0 Å². The molecule has 0 aliphatic carbocycles. The van der Waals surface area contributed by atoms with Gasteiger partial charge in [-0.2, -0.15) is 14.2 Å². The van der Waals surface area contributed by atoms with E-state index in [0.717, 1.165) is 24.9 Å². The fraction of sp³-hybridized carbons (Fsp3) is 0.286. The molecule has 2 aromatic carbocycles. The lowest BCUT2D eigenvalue weighted by molar-refractivity contribution is 0.102. The first-order valence-corrected chi connectivity index (χ1v) is 11.8. The van der Waals surface area contributed by atoms with Crippen molar-refractivity contribution >= 4 is 33.2 Å². The first-order valence-electron chi connectivity index (χ1n) is 9.97. The summed E-state index contributed by atoms with van der Waals surface area (Å²) < 4.78 is 27.5. The van der Waals surface area contributed by atoms with Crippen molar-refractivity contribution in [2.24, 2.45) is 0 Å². The third kappa shape index (κ3) is 4.48. The van der Waals surface area contributed by atoms with Gasteiger partial charge in [-0.3, -0.25) is 4.79 Å². The number of carbonyl (C=O) groups excluding carboxylic acids is 1. The van der Waals surface area contributed by atoms with Gasteiger partial charge in [0.25, 0.3) is 5.91 Å². The number of sulfonamides is 1. The fourth-order valence-corrected chi connectivity index (χ4v) is 5.50. The van der Waals surface area contributed by atoms with Gasteiger partial charge < -0.3 is 5.32 Å². The van der Waals surface area contributed by atoms with Gasteiger partial charge in [0.1, 0.15) is 4.90 Å². The van der Waals surface area contributed by atoms with Crippen LogP contribution in [-0.4, -0.2) is 46.7 Å². The number of hydrogen-bond acceptors (Lipinski definition) is 5. The monoisotopic (exact) mass is 459 g/mol.